The highest BCUT2D eigenvalue weighted by molar-refractivity contribution is 5.76. The van der Waals surface area contributed by atoms with Crippen LogP contribution >= 0.6 is 0 Å². The second-order valence-corrected chi connectivity index (χ2v) is 5.91. The van der Waals surface area contributed by atoms with E-state index >= 15 is 0 Å². The van der Waals surface area contributed by atoms with Gasteiger partial charge in [-0.1, -0.05) is 13.0 Å². The smallest absolute Gasteiger partial charge is 0.352 e. The zero-order chi connectivity index (χ0) is 18.0. The summed E-state index contributed by atoms with van der Waals surface area (Å²) >= 11 is 0. The number of aromatic nitrogens is 5. The predicted molar refractivity (Wildman–Crippen MR) is 93.1 cm³/mol. The van der Waals surface area contributed by atoms with E-state index in [0.717, 1.165) is 11.1 Å². The summed E-state index contributed by atoms with van der Waals surface area (Å²) in [5.41, 5.74) is 1.39. The maximum absolute atomic E-state index is 12.5. The van der Waals surface area contributed by atoms with Crippen molar-refractivity contribution in [2.24, 2.45) is 0 Å². The summed E-state index contributed by atoms with van der Waals surface area (Å²) in [4.78, 5) is 33.3. The zero-order valence-electron chi connectivity index (χ0n) is 14.4. The molecule has 0 saturated heterocycles. The number of rotatable bonds is 5. The minimum atomic E-state index is -0.383. The SMILES string of the molecule is CC[C@H](C)NC(=O)Cn1nc2cc(-c3ccccn3)nc(C)n2c1=O. The molecule has 1 N–H and O–H groups in total. The van der Waals surface area contributed by atoms with Crippen LogP contribution in [0.2, 0.25) is 0 Å². The molecule has 0 radical (unpaired) electrons. The van der Waals surface area contributed by atoms with Gasteiger partial charge in [0.15, 0.2) is 5.65 Å². The van der Waals surface area contributed by atoms with Crippen LogP contribution in [0.5, 0.6) is 0 Å². The number of fused-ring (bicyclic) bond motifs is 1. The molecule has 0 aliphatic carbocycles. The first-order chi connectivity index (χ1) is 12.0. The summed E-state index contributed by atoms with van der Waals surface area (Å²) in [6.07, 6.45) is 2.50. The fourth-order valence-electron chi connectivity index (χ4n) is 2.51. The first kappa shape index (κ1) is 16.8. The normalized spacial score (nSPS) is 12.3. The van der Waals surface area contributed by atoms with Gasteiger partial charge in [0.05, 0.1) is 11.4 Å². The number of carbonyl (C=O) groups is 1. The van der Waals surface area contributed by atoms with E-state index in [1.807, 2.05) is 32.0 Å². The number of nitrogens with zero attached hydrogens (tertiary/aromatic N) is 5. The Labute approximate surface area is 144 Å². The molecule has 3 aromatic rings. The number of pyridine rings is 1. The third-order valence-electron chi connectivity index (χ3n) is 3.98. The molecular formula is C17H20N6O2. The Kier molecular flexibility index (Phi) is 4.60. The van der Waals surface area contributed by atoms with E-state index in [1.165, 1.54) is 4.40 Å². The molecule has 3 heterocycles. The lowest BCUT2D eigenvalue weighted by Gasteiger charge is -2.10. The highest BCUT2D eigenvalue weighted by Crippen LogP contribution is 2.15. The lowest BCUT2D eigenvalue weighted by molar-refractivity contribution is -0.122. The molecule has 0 saturated carbocycles. The van der Waals surface area contributed by atoms with Crippen LogP contribution in [0.1, 0.15) is 26.1 Å². The average Bonchev–Trinajstić information content (AvgIpc) is 2.91. The molecule has 25 heavy (non-hydrogen) atoms. The highest BCUT2D eigenvalue weighted by atomic mass is 16.2. The summed E-state index contributed by atoms with van der Waals surface area (Å²) in [5, 5.41) is 7.10. The molecule has 0 unspecified atom stereocenters. The van der Waals surface area contributed by atoms with Crippen LogP contribution in [-0.2, 0) is 11.3 Å². The number of hydrogen-bond acceptors (Lipinski definition) is 5. The van der Waals surface area contributed by atoms with Crippen molar-refractivity contribution in [3.8, 4) is 11.4 Å². The van der Waals surface area contributed by atoms with Crippen LogP contribution < -0.4 is 11.0 Å². The number of hydrogen-bond donors (Lipinski definition) is 1. The van der Waals surface area contributed by atoms with Gasteiger partial charge in [-0.15, -0.1) is 5.10 Å². The third-order valence-corrected chi connectivity index (χ3v) is 3.98. The molecule has 0 aromatic carbocycles. The molecule has 0 fully saturated rings. The van der Waals surface area contributed by atoms with Gasteiger partial charge in [-0.25, -0.2) is 18.9 Å². The molecule has 1 amide bonds. The van der Waals surface area contributed by atoms with E-state index in [0.29, 0.717) is 22.9 Å². The van der Waals surface area contributed by atoms with Crippen LogP contribution in [0.25, 0.3) is 17.0 Å². The minimum absolute atomic E-state index is 0.0550. The number of amides is 1. The minimum Gasteiger partial charge on any atom is -0.352 e. The van der Waals surface area contributed by atoms with Crippen molar-refractivity contribution < 1.29 is 4.79 Å². The topological polar surface area (TPSA) is 94.2 Å². The monoisotopic (exact) mass is 340 g/mol. The van der Waals surface area contributed by atoms with Gasteiger partial charge in [0.25, 0.3) is 0 Å². The van der Waals surface area contributed by atoms with E-state index in [1.54, 1.807) is 19.2 Å². The van der Waals surface area contributed by atoms with Crippen molar-refractivity contribution in [2.75, 3.05) is 0 Å². The molecule has 3 rings (SSSR count). The Morgan fingerprint density at radius 1 is 1.32 bits per heavy atom. The van der Waals surface area contributed by atoms with E-state index in [9.17, 15) is 9.59 Å². The van der Waals surface area contributed by atoms with E-state index in [-0.39, 0.29) is 24.2 Å². The molecule has 0 aliphatic heterocycles. The number of nitrogens with one attached hydrogen (secondary N) is 1. The Morgan fingerprint density at radius 2 is 2.12 bits per heavy atom. The standard InChI is InChI=1S/C17H20N6O2/c1-4-11(2)19-16(24)10-22-17(25)23-12(3)20-14(9-15(23)21-22)13-7-5-6-8-18-13/h5-9,11H,4,10H2,1-3H3,(H,19,24)/t11-/m0/s1. The van der Waals surface area contributed by atoms with Gasteiger partial charge in [-0.05, 0) is 32.4 Å². The van der Waals surface area contributed by atoms with Crippen molar-refractivity contribution in [2.45, 2.75) is 39.8 Å². The molecular weight excluding hydrogens is 320 g/mol. The maximum atomic E-state index is 12.5. The quantitative estimate of drug-likeness (QED) is 0.752. The molecule has 8 heteroatoms. The summed E-state index contributed by atoms with van der Waals surface area (Å²) < 4.78 is 2.55. The fraction of sp³-hybridized carbons (Fsp3) is 0.353. The predicted octanol–water partition coefficient (Wildman–Crippen LogP) is 1.18. The maximum Gasteiger partial charge on any atom is 0.352 e. The average molecular weight is 340 g/mol. The first-order valence-electron chi connectivity index (χ1n) is 8.17. The Bertz CT molecular complexity index is 960. The van der Waals surface area contributed by atoms with Crippen LogP contribution in [0, 0.1) is 6.92 Å². The molecule has 0 aliphatic rings. The lowest BCUT2D eigenvalue weighted by atomic mass is 10.2. The van der Waals surface area contributed by atoms with Gasteiger partial charge in [0.1, 0.15) is 12.4 Å². The Hall–Kier alpha value is -3.03. The largest absolute Gasteiger partial charge is 0.352 e. The molecule has 130 valence electrons. The van der Waals surface area contributed by atoms with Crippen molar-refractivity contribution >= 4 is 11.6 Å². The zero-order valence-corrected chi connectivity index (χ0v) is 14.4. The fourth-order valence-corrected chi connectivity index (χ4v) is 2.51. The number of carbonyl (C=O) groups excluding carboxylic acids is 1. The van der Waals surface area contributed by atoms with Crippen molar-refractivity contribution in [3.05, 3.63) is 46.8 Å². The summed E-state index contributed by atoms with van der Waals surface area (Å²) in [6, 6.07) is 7.28. The number of aryl methyl sites for hydroxylation is 1. The van der Waals surface area contributed by atoms with Crippen LogP contribution in [0.3, 0.4) is 0 Å². The molecule has 1 atom stereocenters. The summed E-state index contributed by atoms with van der Waals surface area (Å²) in [5.74, 6) is 0.257. The molecule has 8 nitrogen and oxygen atoms in total. The molecule has 0 spiro atoms. The Morgan fingerprint density at radius 3 is 2.80 bits per heavy atom. The van der Waals surface area contributed by atoms with Gasteiger partial charge < -0.3 is 5.32 Å². The molecule has 3 aromatic heterocycles. The van der Waals surface area contributed by atoms with Gasteiger partial charge in [0.2, 0.25) is 5.91 Å². The Balaban J connectivity index is 1.98. The van der Waals surface area contributed by atoms with Crippen molar-refractivity contribution in [3.63, 3.8) is 0 Å². The van der Waals surface area contributed by atoms with Crippen molar-refractivity contribution in [1.82, 2.24) is 29.5 Å². The highest BCUT2D eigenvalue weighted by Gasteiger charge is 2.15. The first-order valence-corrected chi connectivity index (χ1v) is 8.17. The van der Waals surface area contributed by atoms with Crippen molar-refractivity contribution in [1.29, 1.82) is 0 Å². The lowest BCUT2D eigenvalue weighted by Crippen LogP contribution is -2.37. The second kappa shape index (κ2) is 6.84. The van der Waals surface area contributed by atoms with Crippen LogP contribution in [0.4, 0.5) is 0 Å². The van der Waals surface area contributed by atoms with Gasteiger partial charge in [-0.2, -0.15) is 0 Å². The van der Waals surface area contributed by atoms with E-state index < -0.39 is 0 Å². The van der Waals surface area contributed by atoms with E-state index in [2.05, 4.69) is 20.4 Å². The second-order valence-electron chi connectivity index (χ2n) is 5.91. The third kappa shape index (κ3) is 3.42. The van der Waals surface area contributed by atoms with Crippen LogP contribution in [0.15, 0.2) is 35.3 Å². The van der Waals surface area contributed by atoms with E-state index in [4.69, 9.17) is 0 Å². The van der Waals surface area contributed by atoms with Gasteiger partial charge >= 0.3 is 5.69 Å². The van der Waals surface area contributed by atoms with Gasteiger partial charge in [0, 0.05) is 18.3 Å². The molecule has 0 bridgehead atoms. The summed E-state index contributed by atoms with van der Waals surface area (Å²) in [7, 11) is 0. The summed E-state index contributed by atoms with van der Waals surface area (Å²) in [6.45, 7) is 5.50. The van der Waals surface area contributed by atoms with Crippen LogP contribution in [-0.4, -0.2) is 36.1 Å². The van der Waals surface area contributed by atoms with Gasteiger partial charge in [-0.3, -0.25) is 9.78 Å².